The Balaban J connectivity index is 2.02. The monoisotopic (exact) mass is 314 g/mol. The van der Waals surface area contributed by atoms with E-state index in [2.05, 4.69) is 60.6 Å². The standard InChI is InChI=1S/C20H30N2O/c1-22(2)15-10-16-23-21-20-14-9-4-3-8-13-19(20)17-18-11-6-5-7-12-18/h5-7,11-12,17H,3-4,8-10,13-16H2,1-2H3/b19-17+,21-20+. The van der Waals surface area contributed by atoms with Crippen LogP contribution in [0.3, 0.4) is 0 Å². The maximum atomic E-state index is 5.61. The number of nitrogens with zero attached hydrogens (tertiary/aromatic N) is 2. The summed E-state index contributed by atoms with van der Waals surface area (Å²) in [4.78, 5) is 7.78. The average Bonchev–Trinajstić information content (AvgIpc) is 2.53. The summed E-state index contributed by atoms with van der Waals surface area (Å²) in [6.07, 6.45) is 10.5. The van der Waals surface area contributed by atoms with Gasteiger partial charge >= 0.3 is 0 Å². The van der Waals surface area contributed by atoms with Crippen LogP contribution in [0, 0.1) is 0 Å². The van der Waals surface area contributed by atoms with E-state index >= 15 is 0 Å². The van der Waals surface area contributed by atoms with Gasteiger partial charge < -0.3 is 9.74 Å². The van der Waals surface area contributed by atoms with Gasteiger partial charge in [-0.05, 0) is 63.4 Å². The minimum Gasteiger partial charge on any atom is -0.396 e. The minimum absolute atomic E-state index is 0.695. The summed E-state index contributed by atoms with van der Waals surface area (Å²) in [6, 6.07) is 10.5. The molecule has 1 aliphatic rings. The molecule has 1 aromatic rings. The van der Waals surface area contributed by atoms with Crippen molar-refractivity contribution in [2.75, 3.05) is 27.2 Å². The summed E-state index contributed by atoms with van der Waals surface area (Å²) in [6.45, 7) is 1.73. The van der Waals surface area contributed by atoms with Gasteiger partial charge in [0.05, 0.1) is 5.71 Å². The Bertz CT molecular complexity index is 506. The third kappa shape index (κ3) is 7.00. The molecule has 126 valence electrons. The maximum Gasteiger partial charge on any atom is 0.118 e. The van der Waals surface area contributed by atoms with Gasteiger partial charge in [0.15, 0.2) is 0 Å². The molecule has 1 fully saturated rings. The Morgan fingerprint density at radius 3 is 2.52 bits per heavy atom. The highest BCUT2D eigenvalue weighted by molar-refractivity contribution is 6.03. The van der Waals surface area contributed by atoms with Crippen molar-refractivity contribution >= 4 is 11.8 Å². The van der Waals surface area contributed by atoms with Crippen molar-refractivity contribution in [2.24, 2.45) is 5.16 Å². The summed E-state index contributed by atoms with van der Waals surface area (Å²) in [5, 5.41) is 4.49. The first kappa shape index (κ1) is 17.7. The quantitative estimate of drug-likeness (QED) is 0.559. The van der Waals surface area contributed by atoms with E-state index in [0.717, 1.165) is 31.5 Å². The molecule has 0 unspecified atom stereocenters. The van der Waals surface area contributed by atoms with E-state index in [0.29, 0.717) is 6.61 Å². The first-order chi connectivity index (χ1) is 11.3. The molecule has 3 heteroatoms. The Hall–Kier alpha value is -1.61. The lowest BCUT2D eigenvalue weighted by Gasteiger charge is -2.15. The van der Waals surface area contributed by atoms with E-state index in [1.165, 1.54) is 36.8 Å². The van der Waals surface area contributed by atoms with Crippen molar-refractivity contribution in [3.8, 4) is 0 Å². The molecule has 0 atom stereocenters. The SMILES string of the molecule is CN(C)CCCO/N=C1\CCCCCC\C1=C/c1ccccc1. The fourth-order valence-electron chi connectivity index (χ4n) is 2.85. The normalized spacial score (nSPS) is 19.8. The Morgan fingerprint density at radius 1 is 1.04 bits per heavy atom. The van der Waals surface area contributed by atoms with Gasteiger partial charge in [-0.2, -0.15) is 0 Å². The fraction of sp³-hybridized carbons (Fsp3) is 0.550. The molecule has 0 radical (unpaired) electrons. The summed E-state index contributed by atoms with van der Waals surface area (Å²) in [5.41, 5.74) is 3.75. The predicted octanol–water partition coefficient (Wildman–Crippen LogP) is 4.75. The molecule has 0 heterocycles. The summed E-state index contributed by atoms with van der Waals surface area (Å²) >= 11 is 0. The number of hydrogen-bond donors (Lipinski definition) is 0. The van der Waals surface area contributed by atoms with Gasteiger partial charge in [0.25, 0.3) is 0 Å². The van der Waals surface area contributed by atoms with E-state index in [-0.39, 0.29) is 0 Å². The van der Waals surface area contributed by atoms with Crippen molar-refractivity contribution in [3.63, 3.8) is 0 Å². The van der Waals surface area contributed by atoms with Crippen LogP contribution in [-0.2, 0) is 4.84 Å². The summed E-state index contributed by atoms with van der Waals surface area (Å²) in [5.74, 6) is 0. The second kappa shape index (κ2) is 10.2. The molecule has 0 aliphatic heterocycles. The van der Waals surface area contributed by atoms with Crippen molar-refractivity contribution in [1.29, 1.82) is 0 Å². The second-order valence-electron chi connectivity index (χ2n) is 6.52. The maximum absolute atomic E-state index is 5.61. The van der Waals surface area contributed by atoms with Gasteiger partial charge in [-0.25, -0.2) is 0 Å². The van der Waals surface area contributed by atoms with Gasteiger partial charge in [0.1, 0.15) is 6.61 Å². The molecule has 1 aromatic carbocycles. The lowest BCUT2D eigenvalue weighted by atomic mass is 9.93. The molecule has 0 bridgehead atoms. The Kier molecular flexibility index (Phi) is 7.88. The highest BCUT2D eigenvalue weighted by Gasteiger charge is 2.12. The molecular formula is C20H30N2O. The van der Waals surface area contributed by atoms with Crippen LogP contribution in [0.5, 0.6) is 0 Å². The number of hydrogen-bond acceptors (Lipinski definition) is 3. The Labute approximate surface area is 141 Å². The smallest absolute Gasteiger partial charge is 0.118 e. The first-order valence-electron chi connectivity index (χ1n) is 8.85. The van der Waals surface area contributed by atoms with Gasteiger partial charge in [-0.3, -0.25) is 0 Å². The van der Waals surface area contributed by atoms with Crippen LogP contribution in [0.1, 0.15) is 50.5 Å². The first-order valence-corrected chi connectivity index (χ1v) is 8.85. The zero-order chi connectivity index (χ0) is 16.3. The number of allylic oxidation sites excluding steroid dienone is 1. The van der Waals surface area contributed by atoms with Crippen LogP contribution in [0.15, 0.2) is 41.1 Å². The third-order valence-corrected chi connectivity index (χ3v) is 4.14. The van der Waals surface area contributed by atoms with Gasteiger partial charge in [0.2, 0.25) is 0 Å². The van der Waals surface area contributed by atoms with Gasteiger partial charge in [-0.15, -0.1) is 0 Å². The van der Waals surface area contributed by atoms with E-state index in [1.54, 1.807) is 0 Å². The molecule has 1 saturated carbocycles. The second-order valence-corrected chi connectivity index (χ2v) is 6.52. The topological polar surface area (TPSA) is 24.8 Å². The highest BCUT2D eigenvalue weighted by atomic mass is 16.6. The molecule has 0 saturated heterocycles. The summed E-state index contributed by atoms with van der Waals surface area (Å²) < 4.78 is 0. The predicted molar refractivity (Wildman–Crippen MR) is 98.7 cm³/mol. The molecule has 0 amide bonds. The number of oxime groups is 1. The minimum atomic E-state index is 0.695. The van der Waals surface area contributed by atoms with Crippen molar-refractivity contribution in [3.05, 3.63) is 41.5 Å². The van der Waals surface area contributed by atoms with Gasteiger partial charge in [0, 0.05) is 6.54 Å². The van der Waals surface area contributed by atoms with E-state index in [1.807, 2.05) is 0 Å². The lowest BCUT2D eigenvalue weighted by molar-refractivity contribution is 0.134. The zero-order valence-electron chi connectivity index (χ0n) is 14.6. The van der Waals surface area contributed by atoms with Crippen molar-refractivity contribution in [2.45, 2.75) is 44.9 Å². The number of rotatable bonds is 6. The molecular weight excluding hydrogens is 284 g/mol. The molecule has 0 spiro atoms. The average molecular weight is 314 g/mol. The van der Waals surface area contributed by atoms with Crippen LogP contribution < -0.4 is 0 Å². The van der Waals surface area contributed by atoms with Crippen LogP contribution >= 0.6 is 0 Å². The van der Waals surface area contributed by atoms with Crippen LogP contribution in [0.25, 0.3) is 6.08 Å². The molecule has 0 aromatic heterocycles. The Morgan fingerprint density at radius 2 is 1.78 bits per heavy atom. The zero-order valence-corrected chi connectivity index (χ0v) is 14.6. The van der Waals surface area contributed by atoms with Crippen molar-refractivity contribution in [1.82, 2.24) is 4.90 Å². The highest BCUT2D eigenvalue weighted by Crippen LogP contribution is 2.22. The largest absolute Gasteiger partial charge is 0.396 e. The fourth-order valence-corrected chi connectivity index (χ4v) is 2.85. The number of benzene rings is 1. The van der Waals surface area contributed by atoms with Crippen molar-refractivity contribution < 1.29 is 4.84 Å². The molecule has 0 N–H and O–H groups in total. The van der Waals surface area contributed by atoms with Gasteiger partial charge in [-0.1, -0.05) is 48.3 Å². The molecule has 3 nitrogen and oxygen atoms in total. The molecule has 2 rings (SSSR count). The van der Waals surface area contributed by atoms with E-state index in [9.17, 15) is 0 Å². The van der Waals surface area contributed by atoms with Crippen LogP contribution in [0.4, 0.5) is 0 Å². The van der Waals surface area contributed by atoms with E-state index in [4.69, 9.17) is 4.84 Å². The summed E-state index contributed by atoms with van der Waals surface area (Å²) in [7, 11) is 4.17. The van der Waals surface area contributed by atoms with Crippen LogP contribution in [-0.4, -0.2) is 37.9 Å². The molecule has 23 heavy (non-hydrogen) atoms. The molecule has 1 aliphatic carbocycles. The third-order valence-electron chi connectivity index (χ3n) is 4.14. The van der Waals surface area contributed by atoms with Crippen LogP contribution in [0.2, 0.25) is 0 Å². The lowest BCUT2D eigenvalue weighted by Crippen LogP contribution is -2.14. The van der Waals surface area contributed by atoms with E-state index < -0.39 is 0 Å².